The summed E-state index contributed by atoms with van der Waals surface area (Å²) >= 11 is 2.06. The molecule has 0 bridgehead atoms. The number of thioether (sulfide) groups is 1. The van der Waals surface area contributed by atoms with Crippen LogP contribution in [0.2, 0.25) is 0 Å². The van der Waals surface area contributed by atoms with Gasteiger partial charge >= 0.3 is 5.97 Å². The number of ether oxygens (including phenoxy) is 1. The zero-order chi connectivity index (χ0) is 13.9. The van der Waals surface area contributed by atoms with E-state index in [0.29, 0.717) is 11.3 Å². The van der Waals surface area contributed by atoms with Crippen LogP contribution in [0.15, 0.2) is 0 Å². The van der Waals surface area contributed by atoms with Crippen LogP contribution in [0, 0.1) is 0 Å². The van der Waals surface area contributed by atoms with E-state index < -0.39 is 5.54 Å². The molecular formula is C15H27NO2S. The van der Waals surface area contributed by atoms with Crippen LogP contribution in [-0.2, 0) is 9.53 Å². The minimum atomic E-state index is -0.513. The summed E-state index contributed by atoms with van der Waals surface area (Å²) in [6.07, 6.45) is 8.68. The Hall–Kier alpha value is -0.220. The SMILES string of the molecule is COC(=O)C(C)(CC(C)SC1CCCC1)NC1CC1. The first-order valence-corrected chi connectivity index (χ1v) is 8.49. The standard InChI is InChI=1S/C15H27NO2S/c1-11(19-13-6-4-5-7-13)10-15(2,14(17)18-3)16-12-8-9-12/h11-13,16H,4-10H2,1-3H3. The number of esters is 1. The summed E-state index contributed by atoms with van der Waals surface area (Å²) in [7, 11) is 1.49. The fourth-order valence-corrected chi connectivity index (χ4v) is 4.77. The van der Waals surface area contributed by atoms with Crippen LogP contribution >= 0.6 is 11.8 Å². The smallest absolute Gasteiger partial charge is 0.325 e. The molecule has 0 aromatic carbocycles. The van der Waals surface area contributed by atoms with Crippen LogP contribution in [0.4, 0.5) is 0 Å². The van der Waals surface area contributed by atoms with E-state index in [-0.39, 0.29) is 5.97 Å². The molecule has 0 aliphatic heterocycles. The zero-order valence-corrected chi connectivity index (χ0v) is 13.2. The lowest BCUT2D eigenvalue weighted by Gasteiger charge is -2.31. The van der Waals surface area contributed by atoms with E-state index in [9.17, 15) is 4.79 Å². The van der Waals surface area contributed by atoms with Gasteiger partial charge in [-0.2, -0.15) is 11.8 Å². The van der Waals surface area contributed by atoms with Crippen molar-refractivity contribution in [1.82, 2.24) is 5.32 Å². The van der Waals surface area contributed by atoms with E-state index in [4.69, 9.17) is 4.74 Å². The fourth-order valence-electron chi connectivity index (χ4n) is 3.08. The number of hydrogen-bond donors (Lipinski definition) is 1. The van der Waals surface area contributed by atoms with Crippen LogP contribution in [0.5, 0.6) is 0 Å². The van der Waals surface area contributed by atoms with Crippen LogP contribution in [-0.4, -0.2) is 35.2 Å². The number of nitrogens with one attached hydrogen (secondary N) is 1. The Morgan fingerprint density at radius 1 is 1.37 bits per heavy atom. The molecule has 1 N–H and O–H groups in total. The summed E-state index contributed by atoms with van der Waals surface area (Å²) in [5.41, 5.74) is -0.513. The van der Waals surface area contributed by atoms with Crippen molar-refractivity contribution in [2.75, 3.05) is 7.11 Å². The predicted molar refractivity (Wildman–Crippen MR) is 80.5 cm³/mol. The minimum absolute atomic E-state index is 0.113. The Balaban J connectivity index is 1.88. The van der Waals surface area contributed by atoms with Crippen LogP contribution < -0.4 is 5.32 Å². The molecule has 19 heavy (non-hydrogen) atoms. The zero-order valence-electron chi connectivity index (χ0n) is 12.4. The van der Waals surface area contributed by atoms with Crippen molar-refractivity contribution in [3.63, 3.8) is 0 Å². The molecule has 0 heterocycles. The third kappa shape index (κ3) is 4.38. The quantitative estimate of drug-likeness (QED) is 0.729. The van der Waals surface area contributed by atoms with Gasteiger partial charge in [-0.05, 0) is 39.0 Å². The summed E-state index contributed by atoms with van der Waals surface area (Å²) in [5, 5.41) is 4.79. The maximum atomic E-state index is 12.1. The second kappa shape index (κ2) is 6.49. The van der Waals surface area contributed by atoms with Crippen LogP contribution in [0.1, 0.15) is 58.8 Å². The lowest BCUT2D eigenvalue weighted by Crippen LogP contribution is -2.52. The summed E-state index contributed by atoms with van der Waals surface area (Å²) in [5.74, 6) is -0.113. The molecule has 0 aromatic rings. The highest BCUT2D eigenvalue weighted by Gasteiger charge is 2.40. The second-order valence-corrected chi connectivity index (χ2v) is 8.04. The molecule has 0 aromatic heterocycles. The van der Waals surface area contributed by atoms with Crippen molar-refractivity contribution >= 4 is 17.7 Å². The molecule has 110 valence electrons. The molecule has 2 fully saturated rings. The van der Waals surface area contributed by atoms with E-state index in [1.165, 1.54) is 45.6 Å². The van der Waals surface area contributed by atoms with Gasteiger partial charge in [0.05, 0.1) is 7.11 Å². The summed E-state index contributed by atoms with van der Waals surface area (Å²) < 4.78 is 5.00. The number of carbonyl (C=O) groups is 1. The van der Waals surface area contributed by atoms with E-state index >= 15 is 0 Å². The van der Waals surface area contributed by atoms with Gasteiger partial charge in [-0.25, -0.2) is 0 Å². The molecule has 2 atom stereocenters. The summed E-state index contributed by atoms with van der Waals surface area (Å²) in [4.78, 5) is 12.1. The molecule has 0 saturated heterocycles. The van der Waals surface area contributed by atoms with E-state index in [1.807, 2.05) is 6.92 Å². The Kier molecular flexibility index (Phi) is 5.18. The molecular weight excluding hydrogens is 258 g/mol. The average molecular weight is 285 g/mol. The number of rotatable bonds is 7. The van der Waals surface area contributed by atoms with Gasteiger partial charge in [0.15, 0.2) is 0 Å². The summed E-state index contributed by atoms with van der Waals surface area (Å²) in [6, 6.07) is 0.521. The van der Waals surface area contributed by atoms with Gasteiger partial charge in [0.25, 0.3) is 0 Å². The predicted octanol–water partition coefficient (Wildman–Crippen LogP) is 3.12. The topological polar surface area (TPSA) is 38.3 Å². The van der Waals surface area contributed by atoms with Crippen molar-refractivity contribution in [3.8, 4) is 0 Å². The molecule has 2 unspecified atom stereocenters. The first-order valence-electron chi connectivity index (χ1n) is 7.55. The van der Waals surface area contributed by atoms with Gasteiger partial charge in [0.1, 0.15) is 5.54 Å². The van der Waals surface area contributed by atoms with Gasteiger partial charge < -0.3 is 4.74 Å². The van der Waals surface area contributed by atoms with E-state index in [2.05, 4.69) is 24.0 Å². The monoisotopic (exact) mass is 285 g/mol. The Bertz CT molecular complexity index is 313. The van der Waals surface area contributed by atoms with Crippen molar-refractivity contribution in [1.29, 1.82) is 0 Å². The highest BCUT2D eigenvalue weighted by atomic mass is 32.2. The first-order chi connectivity index (χ1) is 9.03. The first kappa shape index (κ1) is 15.2. The van der Waals surface area contributed by atoms with Crippen LogP contribution in [0.25, 0.3) is 0 Å². The number of hydrogen-bond acceptors (Lipinski definition) is 4. The van der Waals surface area contributed by atoms with Crippen molar-refractivity contribution in [3.05, 3.63) is 0 Å². The number of methoxy groups -OCH3 is 1. The third-order valence-corrected chi connectivity index (χ3v) is 5.65. The largest absolute Gasteiger partial charge is 0.468 e. The molecule has 3 nitrogen and oxygen atoms in total. The van der Waals surface area contributed by atoms with Gasteiger partial charge in [0.2, 0.25) is 0 Å². The molecule has 2 aliphatic carbocycles. The maximum absolute atomic E-state index is 12.1. The highest BCUT2D eigenvalue weighted by molar-refractivity contribution is 8.00. The molecule has 0 radical (unpaired) electrons. The molecule has 2 saturated carbocycles. The Morgan fingerprint density at radius 2 is 2.00 bits per heavy atom. The van der Waals surface area contributed by atoms with Crippen molar-refractivity contribution in [2.24, 2.45) is 0 Å². The Morgan fingerprint density at radius 3 is 2.53 bits per heavy atom. The molecule has 0 spiro atoms. The normalized spacial score (nSPS) is 25.0. The third-order valence-electron chi connectivity index (χ3n) is 4.16. The molecule has 2 rings (SSSR count). The van der Waals surface area contributed by atoms with Gasteiger partial charge in [-0.15, -0.1) is 0 Å². The van der Waals surface area contributed by atoms with E-state index in [1.54, 1.807) is 0 Å². The van der Waals surface area contributed by atoms with Crippen molar-refractivity contribution in [2.45, 2.75) is 80.9 Å². The lowest BCUT2D eigenvalue weighted by atomic mass is 9.96. The van der Waals surface area contributed by atoms with Gasteiger partial charge in [-0.1, -0.05) is 19.8 Å². The van der Waals surface area contributed by atoms with Gasteiger partial charge in [-0.3, -0.25) is 10.1 Å². The lowest BCUT2D eigenvalue weighted by molar-refractivity contribution is -0.148. The van der Waals surface area contributed by atoms with Crippen molar-refractivity contribution < 1.29 is 9.53 Å². The molecule has 0 amide bonds. The second-order valence-electron chi connectivity index (χ2n) is 6.30. The Labute approximate surface area is 121 Å². The maximum Gasteiger partial charge on any atom is 0.325 e. The van der Waals surface area contributed by atoms with Gasteiger partial charge in [0, 0.05) is 16.5 Å². The van der Waals surface area contributed by atoms with E-state index in [0.717, 1.165) is 11.7 Å². The van der Waals surface area contributed by atoms with Crippen LogP contribution in [0.3, 0.4) is 0 Å². The average Bonchev–Trinajstić information content (AvgIpc) is 3.01. The molecule has 2 aliphatic rings. The number of carbonyl (C=O) groups excluding carboxylic acids is 1. The highest BCUT2D eigenvalue weighted by Crippen LogP contribution is 2.35. The molecule has 4 heteroatoms. The summed E-state index contributed by atoms with van der Waals surface area (Å²) in [6.45, 7) is 4.25. The fraction of sp³-hybridized carbons (Fsp3) is 0.933. The minimum Gasteiger partial charge on any atom is -0.468 e.